The van der Waals surface area contributed by atoms with E-state index in [1.165, 1.54) is 16.7 Å². The summed E-state index contributed by atoms with van der Waals surface area (Å²) < 4.78 is 0. The van der Waals surface area contributed by atoms with Crippen LogP contribution in [0.2, 0.25) is 0 Å². The van der Waals surface area contributed by atoms with Gasteiger partial charge >= 0.3 is 0 Å². The van der Waals surface area contributed by atoms with Gasteiger partial charge in [0.2, 0.25) is 0 Å². The van der Waals surface area contributed by atoms with Crippen molar-refractivity contribution in [2.45, 2.75) is 33.6 Å². The maximum atomic E-state index is 2.24. The maximum absolute atomic E-state index is 2.24. The maximum Gasteiger partial charge on any atom is -0.00258 e. The second-order valence-corrected chi connectivity index (χ2v) is 4.56. The number of benzene rings is 2. The van der Waals surface area contributed by atoms with Crippen molar-refractivity contribution in [3.05, 3.63) is 71.3 Å². The Bertz CT molecular complexity index is 423. The lowest BCUT2D eigenvalue weighted by atomic mass is 9.99. The Labute approximate surface area is 105 Å². The van der Waals surface area contributed by atoms with E-state index in [4.69, 9.17) is 0 Å². The van der Waals surface area contributed by atoms with Crippen LogP contribution in [0.25, 0.3) is 0 Å². The van der Waals surface area contributed by atoms with E-state index in [2.05, 4.69) is 68.4 Å². The summed E-state index contributed by atoms with van der Waals surface area (Å²) in [4.78, 5) is 0. The van der Waals surface area contributed by atoms with Gasteiger partial charge in [0.05, 0.1) is 0 Å². The lowest BCUT2D eigenvalue weighted by molar-refractivity contribution is 0.865. The molecule has 0 saturated heterocycles. The van der Waals surface area contributed by atoms with Crippen LogP contribution in [0, 0.1) is 0 Å². The van der Waals surface area contributed by atoms with E-state index in [-0.39, 0.29) is 7.43 Å². The van der Waals surface area contributed by atoms with E-state index in [0.29, 0.717) is 5.92 Å². The molecule has 0 heteroatoms. The standard InChI is InChI=1S/C16H18.CH4/c1-13(2)16-10-8-15(9-11-16)12-14-6-4-3-5-7-14;/h3-11,13H,12H2,1-2H3;1H4. The summed E-state index contributed by atoms with van der Waals surface area (Å²) in [7, 11) is 0. The molecule has 0 aliphatic heterocycles. The fourth-order valence-electron chi connectivity index (χ4n) is 1.85. The summed E-state index contributed by atoms with van der Waals surface area (Å²) in [6.45, 7) is 4.46. The van der Waals surface area contributed by atoms with Gasteiger partial charge in [-0.15, -0.1) is 0 Å². The van der Waals surface area contributed by atoms with Crippen LogP contribution in [0.3, 0.4) is 0 Å². The minimum Gasteiger partial charge on any atom is -0.0776 e. The van der Waals surface area contributed by atoms with Gasteiger partial charge in [-0.2, -0.15) is 0 Å². The van der Waals surface area contributed by atoms with Gasteiger partial charge in [-0.25, -0.2) is 0 Å². The Kier molecular flexibility index (Phi) is 4.96. The Balaban J connectivity index is 0.00000144. The summed E-state index contributed by atoms with van der Waals surface area (Å²) in [5.74, 6) is 0.616. The van der Waals surface area contributed by atoms with Crippen molar-refractivity contribution in [3.8, 4) is 0 Å². The SMILES string of the molecule is C.CC(C)c1ccc(Cc2ccccc2)cc1. The van der Waals surface area contributed by atoms with Crippen LogP contribution in [0.15, 0.2) is 54.6 Å². The Hall–Kier alpha value is -1.56. The minimum absolute atomic E-state index is 0. The molecule has 0 spiro atoms. The zero-order valence-electron chi connectivity index (χ0n) is 9.98. The third kappa shape index (κ3) is 3.74. The van der Waals surface area contributed by atoms with Crippen molar-refractivity contribution in [1.29, 1.82) is 0 Å². The molecule has 0 radical (unpaired) electrons. The van der Waals surface area contributed by atoms with Crippen LogP contribution in [-0.2, 0) is 6.42 Å². The molecule has 2 aromatic rings. The van der Waals surface area contributed by atoms with Gasteiger partial charge in [-0.3, -0.25) is 0 Å². The lowest BCUT2D eigenvalue weighted by Gasteiger charge is -2.07. The van der Waals surface area contributed by atoms with Crippen molar-refractivity contribution in [1.82, 2.24) is 0 Å². The van der Waals surface area contributed by atoms with E-state index in [1.54, 1.807) is 0 Å². The highest BCUT2D eigenvalue weighted by Gasteiger charge is 1.99. The zero-order chi connectivity index (χ0) is 11.4. The summed E-state index contributed by atoms with van der Waals surface area (Å²) in [5, 5.41) is 0. The topological polar surface area (TPSA) is 0 Å². The average Bonchev–Trinajstić information content (AvgIpc) is 2.31. The van der Waals surface area contributed by atoms with Gasteiger partial charge < -0.3 is 0 Å². The van der Waals surface area contributed by atoms with Gasteiger partial charge in [-0.05, 0) is 29.0 Å². The van der Waals surface area contributed by atoms with Crippen molar-refractivity contribution in [2.75, 3.05) is 0 Å². The highest BCUT2D eigenvalue weighted by Crippen LogP contribution is 2.16. The van der Waals surface area contributed by atoms with Gasteiger partial charge in [0, 0.05) is 0 Å². The minimum atomic E-state index is 0. The first kappa shape index (κ1) is 13.5. The lowest BCUT2D eigenvalue weighted by Crippen LogP contribution is -1.90. The first-order valence-electron chi connectivity index (χ1n) is 5.88. The van der Waals surface area contributed by atoms with Crippen LogP contribution >= 0.6 is 0 Å². The van der Waals surface area contributed by atoms with E-state index < -0.39 is 0 Å². The van der Waals surface area contributed by atoms with Crippen molar-refractivity contribution in [2.24, 2.45) is 0 Å². The first-order valence-corrected chi connectivity index (χ1v) is 5.88. The predicted octanol–water partition coefficient (Wildman–Crippen LogP) is 5.04. The molecule has 90 valence electrons. The third-order valence-electron chi connectivity index (χ3n) is 2.90. The summed E-state index contributed by atoms with van der Waals surface area (Å²) in [6.07, 6.45) is 1.03. The Morgan fingerprint density at radius 2 is 1.29 bits per heavy atom. The molecule has 0 nitrogen and oxygen atoms in total. The van der Waals surface area contributed by atoms with Gasteiger partial charge in [0.1, 0.15) is 0 Å². The average molecular weight is 226 g/mol. The second-order valence-electron chi connectivity index (χ2n) is 4.56. The van der Waals surface area contributed by atoms with Crippen LogP contribution in [0.1, 0.15) is 43.9 Å². The monoisotopic (exact) mass is 226 g/mol. The Morgan fingerprint density at radius 1 is 0.765 bits per heavy atom. The second kappa shape index (κ2) is 6.24. The molecule has 0 heterocycles. The molecule has 17 heavy (non-hydrogen) atoms. The van der Waals surface area contributed by atoms with Crippen molar-refractivity contribution >= 4 is 0 Å². The highest BCUT2D eigenvalue weighted by atomic mass is 14.0. The molecule has 0 aromatic heterocycles. The van der Waals surface area contributed by atoms with E-state index >= 15 is 0 Å². The largest absolute Gasteiger partial charge is 0.0776 e. The van der Waals surface area contributed by atoms with Crippen molar-refractivity contribution in [3.63, 3.8) is 0 Å². The van der Waals surface area contributed by atoms with Crippen LogP contribution in [0.4, 0.5) is 0 Å². The Morgan fingerprint density at radius 3 is 1.82 bits per heavy atom. The van der Waals surface area contributed by atoms with Crippen LogP contribution < -0.4 is 0 Å². The molecular weight excluding hydrogens is 204 g/mol. The fourth-order valence-corrected chi connectivity index (χ4v) is 1.85. The molecule has 0 bridgehead atoms. The van der Waals surface area contributed by atoms with E-state index in [1.807, 2.05) is 0 Å². The predicted molar refractivity (Wildman–Crippen MR) is 76.5 cm³/mol. The summed E-state index contributed by atoms with van der Waals surface area (Å²) in [6, 6.07) is 19.6. The van der Waals surface area contributed by atoms with Crippen molar-refractivity contribution < 1.29 is 0 Å². The van der Waals surface area contributed by atoms with Gasteiger partial charge in [0.15, 0.2) is 0 Å². The zero-order valence-corrected chi connectivity index (χ0v) is 9.98. The van der Waals surface area contributed by atoms with E-state index in [0.717, 1.165) is 6.42 Å². The molecule has 2 rings (SSSR count). The quantitative estimate of drug-likeness (QED) is 0.688. The molecule has 0 aliphatic carbocycles. The molecule has 0 fully saturated rings. The smallest absolute Gasteiger partial charge is 0.00258 e. The fraction of sp³-hybridized carbons (Fsp3) is 0.294. The molecule has 0 N–H and O–H groups in total. The molecule has 2 aromatic carbocycles. The third-order valence-corrected chi connectivity index (χ3v) is 2.90. The van der Waals surface area contributed by atoms with Gasteiger partial charge in [0.25, 0.3) is 0 Å². The van der Waals surface area contributed by atoms with Gasteiger partial charge in [-0.1, -0.05) is 75.9 Å². The molecule has 0 atom stereocenters. The summed E-state index contributed by atoms with van der Waals surface area (Å²) in [5.41, 5.74) is 4.17. The molecular formula is C17H22. The van der Waals surface area contributed by atoms with Crippen LogP contribution in [-0.4, -0.2) is 0 Å². The summed E-state index contributed by atoms with van der Waals surface area (Å²) >= 11 is 0. The molecule has 0 saturated carbocycles. The van der Waals surface area contributed by atoms with E-state index in [9.17, 15) is 0 Å². The van der Waals surface area contributed by atoms with Crippen LogP contribution in [0.5, 0.6) is 0 Å². The molecule has 0 amide bonds. The first-order chi connectivity index (χ1) is 7.75. The molecule has 0 unspecified atom stereocenters. The highest BCUT2D eigenvalue weighted by molar-refractivity contribution is 5.29. The number of hydrogen-bond acceptors (Lipinski definition) is 0. The molecule has 0 aliphatic rings. The number of rotatable bonds is 3. The normalized spacial score (nSPS) is 10.1. The number of hydrogen-bond donors (Lipinski definition) is 0.